The number of nitrogens with zero attached hydrogens (tertiary/aromatic N) is 1. The van der Waals surface area contributed by atoms with Crippen LogP contribution in [-0.4, -0.2) is 47.3 Å². The van der Waals surface area contributed by atoms with Gasteiger partial charge in [-0.05, 0) is 68.3 Å². The van der Waals surface area contributed by atoms with Crippen LogP contribution < -0.4 is 0 Å². The largest absolute Gasteiger partial charge is 0.395 e. The molecule has 2 nitrogen and oxygen atoms in total. The van der Waals surface area contributed by atoms with Crippen molar-refractivity contribution in [3.05, 3.63) is 23.8 Å². The molecular formula is C19H31NOS. The van der Waals surface area contributed by atoms with Crippen molar-refractivity contribution in [2.24, 2.45) is 11.3 Å². The molecule has 2 aliphatic heterocycles. The van der Waals surface area contributed by atoms with Gasteiger partial charge in [-0.1, -0.05) is 23.8 Å². The Morgan fingerprint density at radius 3 is 2.82 bits per heavy atom. The zero-order valence-corrected chi connectivity index (χ0v) is 14.8. The number of allylic oxidation sites excluding steroid dienone is 2. The number of aliphatic hydroxyl groups excluding tert-OH is 1. The molecule has 0 radical (unpaired) electrons. The van der Waals surface area contributed by atoms with Crippen LogP contribution in [0.3, 0.4) is 0 Å². The Hall–Kier alpha value is -0.250. The fourth-order valence-electron chi connectivity index (χ4n) is 4.53. The summed E-state index contributed by atoms with van der Waals surface area (Å²) in [7, 11) is 0. The number of likely N-dealkylation sites (tertiary alicyclic amines) is 1. The summed E-state index contributed by atoms with van der Waals surface area (Å²) in [6, 6.07) is 0.392. The van der Waals surface area contributed by atoms with Crippen molar-refractivity contribution in [3.63, 3.8) is 0 Å². The van der Waals surface area contributed by atoms with Crippen molar-refractivity contribution in [2.75, 3.05) is 31.2 Å². The molecule has 0 amide bonds. The molecule has 0 aromatic carbocycles. The Morgan fingerprint density at radius 2 is 2.23 bits per heavy atom. The molecule has 1 spiro atoms. The van der Waals surface area contributed by atoms with Crippen LogP contribution in [0.2, 0.25) is 0 Å². The van der Waals surface area contributed by atoms with E-state index in [1.165, 1.54) is 62.1 Å². The van der Waals surface area contributed by atoms with Crippen LogP contribution in [0.1, 0.15) is 45.4 Å². The molecule has 22 heavy (non-hydrogen) atoms. The van der Waals surface area contributed by atoms with Crippen LogP contribution in [-0.2, 0) is 0 Å². The Bertz CT molecular complexity index is 439. The third-order valence-corrected chi connectivity index (χ3v) is 7.08. The van der Waals surface area contributed by atoms with E-state index in [2.05, 4.69) is 36.2 Å². The Morgan fingerprint density at radius 1 is 1.45 bits per heavy atom. The molecule has 2 saturated heterocycles. The van der Waals surface area contributed by atoms with Crippen molar-refractivity contribution in [1.29, 1.82) is 0 Å². The van der Waals surface area contributed by atoms with Gasteiger partial charge in [-0.3, -0.25) is 4.90 Å². The lowest BCUT2D eigenvalue weighted by Gasteiger charge is -2.33. The lowest BCUT2D eigenvalue weighted by molar-refractivity contribution is 0.165. The van der Waals surface area contributed by atoms with Crippen LogP contribution in [0.4, 0.5) is 0 Å². The molecule has 0 saturated carbocycles. The normalized spacial score (nSPS) is 32.2. The van der Waals surface area contributed by atoms with Gasteiger partial charge < -0.3 is 5.11 Å². The van der Waals surface area contributed by atoms with E-state index < -0.39 is 0 Å². The van der Waals surface area contributed by atoms with Crippen molar-refractivity contribution in [2.45, 2.75) is 51.5 Å². The van der Waals surface area contributed by atoms with Crippen LogP contribution in [0.25, 0.3) is 0 Å². The van der Waals surface area contributed by atoms with Gasteiger partial charge in [-0.2, -0.15) is 11.8 Å². The number of thioether (sulfide) groups is 1. The van der Waals surface area contributed by atoms with Crippen molar-refractivity contribution in [3.8, 4) is 0 Å². The molecule has 2 atom stereocenters. The first-order valence-corrected chi connectivity index (χ1v) is 10.0. The summed E-state index contributed by atoms with van der Waals surface area (Å²) >= 11 is 2.10. The zero-order chi connectivity index (χ0) is 15.6. The molecule has 1 unspecified atom stereocenters. The predicted octanol–water partition coefficient (Wildman–Crippen LogP) is 3.87. The molecule has 0 aromatic rings. The molecule has 1 aliphatic carbocycles. The van der Waals surface area contributed by atoms with Gasteiger partial charge in [0.1, 0.15) is 0 Å². The van der Waals surface area contributed by atoms with E-state index in [0.29, 0.717) is 24.0 Å². The molecule has 2 fully saturated rings. The van der Waals surface area contributed by atoms with Gasteiger partial charge in [-0.15, -0.1) is 0 Å². The molecule has 0 bridgehead atoms. The maximum atomic E-state index is 9.82. The van der Waals surface area contributed by atoms with E-state index in [4.69, 9.17) is 0 Å². The second kappa shape index (κ2) is 7.11. The number of rotatable bonds is 4. The third kappa shape index (κ3) is 3.63. The molecular weight excluding hydrogens is 290 g/mol. The minimum atomic E-state index is 0.330. The highest BCUT2D eigenvalue weighted by Gasteiger charge is 2.44. The average molecular weight is 322 g/mol. The van der Waals surface area contributed by atoms with E-state index >= 15 is 0 Å². The summed E-state index contributed by atoms with van der Waals surface area (Å²) in [6.07, 6.45) is 10.0. The summed E-state index contributed by atoms with van der Waals surface area (Å²) in [4.78, 5) is 2.59. The maximum Gasteiger partial charge on any atom is 0.0587 e. The van der Waals surface area contributed by atoms with Gasteiger partial charge in [-0.25, -0.2) is 0 Å². The number of hydrogen-bond donors (Lipinski definition) is 1. The van der Waals surface area contributed by atoms with E-state index in [1.54, 1.807) is 5.57 Å². The smallest absolute Gasteiger partial charge is 0.0587 e. The summed E-state index contributed by atoms with van der Waals surface area (Å²) in [5.41, 5.74) is 3.44. The third-order valence-electron chi connectivity index (χ3n) is 6.10. The quantitative estimate of drug-likeness (QED) is 0.795. The van der Waals surface area contributed by atoms with Gasteiger partial charge in [0.25, 0.3) is 0 Å². The highest BCUT2D eigenvalue weighted by molar-refractivity contribution is 7.99. The van der Waals surface area contributed by atoms with Gasteiger partial charge in [0, 0.05) is 19.1 Å². The van der Waals surface area contributed by atoms with Crippen molar-refractivity contribution < 1.29 is 5.11 Å². The lowest BCUT2D eigenvalue weighted by Crippen LogP contribution is -2.35. The Balaban J connectivity index is 1.61. The molecule has 1 N–H and O–H groups in total. The zero-order valence-electron chi connectivity index (χ0n) is 14.0. The molecule has 3 rings (SSSR count). The lowest BCUT2D eigenvalue weighted by atomic mass is 9.80. The van der Waals surface area contributed by atoms with Crippen LogP contribution in [0.15, 0.2) is 23.8 Å². The number of hydrogen-bond acceptors (Lipinski definition) is 3. The van der Waals surface area contributed by atoms with Crippen LogP contribution >= 0.6 is 11.8 Å². The summed E-state index contributed by atoms with van der Waals surface area (Å²) in [5, 5.41) is 9.82. The van der Waals surface area contributed by atoms with Crippen LogP contribution in [0.5, 0.6) is 0 Å². The topological polar surface area (TPSA) is 23.5 Å². The highest BCUT2D eigenvalue weighted by atomic mass is 32.2. The van der Waals surface area contributed by atoms with E-state index in [0.717, 1.165) is 6.54 Å². The molecule has 124 valence electrons. The van der Waals surface area contributed by atoms with Gasteiger partial charge in [0.05, 0.1) is 6.61 Å². The number of aliphatic hydroxyl groups is 1. The second-order valence-electron chi connectivity index (χ2n) is 7.74. The van der Waals surface area contributed by atoms with E-state index in [-0.39, 0.29) is 0 Å². The minimum Gasteiger partial charge on any atom is -0.395 e. The van der Waals surface area contributed by atoms with Crippen molar-refractivity contribution in [1.82, 2.24) is 4.90 Å². The van der Waals surface area contributed by atoms with Gasteiger partial charge in [0.15, 0.2) is 0 Å². The minimum absolute atomic E-state index is 0.330. The highest BCUT2D eigenvalue weighted by Crippen LogP contribution is 2.45. The summed E-state index contributed by atoms with van der Waals surface area (Å²) < 4.78 is 0. The summed E-state index contributed by atoms with van der Waals surface area (Å²) in [5.74, 6) is 3.32. The average Bonchev–Trinajstić information content (AvgIpc) is 2.85. The first kappa shape index (κ1) is 16.6. The van der Waals surface area contributed by atoms with E-state index in [9.17, 15) is 5.11 Å². The van der Waals surface area contributed by atoms with Gasteiger partial charge in [0.2, 0.25) is 0 Å². The second-order valence-corrected chi connectivity index (χ2v) is 8.96. The Labute approximate surface area is 140 Å². The predicted molar refractivity (Wildman–Crippen MR) is 96.3 cm³/mol. The first-order valence-electron chi connectivity index (χ1n) is 8.88. The molecule has 0 aromatic heterocycles. The standard InChI is InChI=1S/C19H31NOS/c1-15(2)17-5-3-16(4-6-17)12-20-14-19(11-18(20)13-21)7-9-22-10-8-19/h3,17-18,21H,1,4-14H2,2H3/t17-,18?/m1/s1. The van der Waals surface area contributed by atoms with Gasteiger partial charge >= 0.3 is 0 Å². The SMILES string of the molecule is C=C(C)[C@@H]1CC=C(CN2CC3(CCSCC3)CC2CO)CC1. The van der Waals surface area contributed by atoms with E-state index in [1.807, 2.05) is 0 Å². The van der Waals surface area contributed by atoms with Crippen LogP contribution in [0, 0.1) is 11.3 Å². The molecule has 3 aliphatic rings. The molecule has 2 heterocycles. The first-order chi connectivity index (χ1) is 10.6. The summed E-state index contributed by atoms with van der Waals surface area (Å²) in [6.45, 7) is 8.90. The maximum absolute atomic E-state index is 9.82. The fourth-order valence-corrected chi connectivity index (χ4v) is 5.88. The molecule has 3 heteroatoms. The monoisotopic (exact) mass is 321 g/mol. The fraction of sp³-hybridized carbons (Fsp3) is 0.789. The Kier molecular flexibility index (Phi) is 5.36. The van der Waals surface area contributed by atoms with Crippen molar-refractivity contribution >= 4 is 11.8 Å².